The van der Waals surface area contributed by atoms with Gasteiger partial charge in [0.1, 0.15) is 30.3 Å². The van der Waals surface area contributed by atoms with E-state index in [2.05, 4.69) is 26.6 Å². The molecule has 0 fully saturated rings. The summed E-state index contributed by atoms with van der Waals surface area (Å²) >= 11 is 0. The van der Waals surface area contributed by atoms with Gasteiger partial charge in [-0.05, 0) is 85.9 Å². The Morgan fingerprint density at radius 3 is 1.93 bits per heavy atom. The molecular formula is C42H54N6O9. The minimum atomic E-state index is -1.30. The van der Waals surface area contributed by atoms with Crippen molar-refractivity contribution in [2.75, 3.05) is 18.5 Å². The van der Waals surface area contributed by atoms with Crippen LogP contribution in [-0.2, 0) is 35.3 Å². The predicted molar refractivity (Wildman–Crippen MR) is 214 cm³/mol. The number of nitrogens with two attached hydrogens (primary N) is 1. The van der Waals surface area contributed by atoms with Crippen molar-refractivity contribution in [3.8, 4) is 11.1 Å². The number of fused-ring (bicyclic) bond motifs is 3. The average molecular weight is 787 g/mol. The first-order valence-electron chi connectivity index (χ1n) is 19.0. The molecule has 3 aromatic rings. The molecule has 15 heteroatoms. The van der Waals surface area contributed by atoms with E-state index in [0.717, 1.165) is 22.3 Å². The fourth-order valence-electron chi connectivity index (χ4n) is 6.47. The molecule has 0 spiro atoms. The molecule has 0 saturated carbocycles. The number of ether oxygens (including phenoxy) is 2. The number of amides is 6. The Bertz CT molecular complexity index is 1850. The van der Waals surface area contributed by atoms with Gasteiger partial charge in [0.25, 0.3) is 0 Å². The second-order valence-electron chi connectivity index (χ2n) is 15.2. The normalized spacial score (nSPS) is 13.6. The first-order valence-corrected chi connectivity index (χ1v) is 19.0. The molecule has 8 N–H and O–H groups in total. The predicted octanol–water partition coefficient (Wildman–Crippen LogP) is 4.22. The molecule has 15 nitrogen and oxygen atoms in total. The molecule has 3 atom stereocenters. The fraction of sp³-hybridized carbons (Fsp3) is 0.429. The smallest absolute Gasteiger partial charge is 0.407 e. The van der Waals surface area contributed by atoms with Gasteiger partial charge in [-0.15, -0.1) is 0 Å². The highest BCUT2D eigenvalue weighted by Crippen LogP contribution is 2.44. The van der Waals surface area contributed by atoms with E-state index in [1.54, 1.807) is 58.9 Å². The molecule has 0 unspecified atom stereocenters. The highest BCUT2D eigenvalue weighted by atomic mass is 16.6. The van der Waals surface area contributed by atoms with Gasteiger partial charge in [0.2, 0.25) is 17.7 Å². The number of alkyl carbamates (subject to hydrolysis) is 1. The summed E-state index contributed by atoms with van der Waals surface area (Å²) in [7, 11) is 0. The summed E-state index contributed by atoms with van der Waals surface area (Å²) in [6.07, 6.45) is -0.893. The van der Waals surface area contributed by atoms with Gasteiger partial charge in [-0.1, -0.05) is 74.5 Å². The molecule has 0 aliphatic heterocycles. The van der Waals surface area contributed by atoms with Crippen LogP contribution >= 0.6 is 0 Å². The third kappa shape index (κ3) is 13.1. The van der Waals surface area contributed by atoms with E-state index in [1.807, 2.05) is 48.5 Å². The number of carbonyl (C=O) groups is 6. The van der Waals surface area contributed by atoms with Crippen molar-refractivity contribution in [1.29, 1.82) is 0 Å². The quantitative estimate of drug-likeness (QED) is 0.0723. The van der Waals surface area contributed by atoms with Crippen LogP contribution in [-0.4, -0.2) is 77.8 Å². The van der Waals surface area contributed by atoms with Gasteiger partial charge < -0.3 is 46.9 Å². The van der Waals surface area contributed by atoms with Crippen molar-refractivity contribution < 1.29 is 43.3 Å². The van der Waals surface area contributed by atoms with Crippen molar-refractivity contribution in [2.24, 2.45) is 11.7 Å². The number of hydrogen-bond acceptors (Lipinski definition) is 9. The summed E-state index contributed by atoms with van der Waals surface area (Å²) in [6.45, 7) is 8.50. The van der Waals surface area contributed by atoms with Crippen molar-refractivity contribution in [2.45, 2.75) is 96.6 Å². The summed E-state index contributed by atoms with van der Waals surface area (Å²) in [4.78, 5) is 78.4. The Hall–Kier alpha value is -5.96. The lowest BCUT2D eigenvalue weighted by Gasteiger charge is -2.27. The second kappa shape index (κ2) is 20.3. The molecule has 0 bridgehead atoms. The zero-order chi connectivity index (χ0) is 41.7. The Morgan fingerprint density at radius 2 is 1.37 bits per heavy atom. The van der Waals surface area contributed by atoms with Crippen LogP contribution in [0.2, 0.25) is 0 Å². The number of aliphatic hydroxyl groups is 1. The summed E-state index contributed by atoms with van der Waals surface area (Å²) in [5.74, 6) is -3.29. The molecule has 1 aliphatic rings. The maximum absolute atomic E-state index is 13.9. The summed E-state index contributed by atoms with van der Waals surface area (Å²) in [6, 6.07) is 17.9. The maximum Gasteiger partial charge on any atom is 0.407 e. The van der Waals surface area contributed by atoms with E-state index in [1.165, 1.54) is 0 Å². The van der Waals surface area contributed by atoms with Gasteiger partial charge in [-0.3, -0.25) is 19.2 Å². The van der Waals surface area contributed by atoms with Gasteiger partial charge in [0, 0.05) is 24.6 Å². The Morgan fingerprint density at radius 1 is 0.772 bits per heavy atom. The molecule has 0 saturated heterocycles. The molecule has 1 aliphatic carbocycles. The van der Waals surface area contributed by atoms with E-state index in [4.69, 9.17) is 15.2 Å². The molecule has 306 valence electrons. The van der Waals surface area contributed by atoms with E-state index in [0.29, 0.717) is 11.3 Å². The van der Waals surface area contributed by atoms with Crippen molar-refractivity contribution in [3.63, 3.8) is 0 Å². The molecule has 3 aromatic carbocycles. The fourth-order valence-corrected chi connectivity index (χ4v) is 6.47. The Kier molecular flexibility index (Phi) is 15.6. The number of benzene rings is 3. The summed E-state index contributed by atoms with van der Waals surface area (Å²) in [5, 5.41) is 22.6. The first kappa shape index (κ1) is 43.8. The van der Waals surface area contributed by atoms with Gasteiger partial charge in [-0.25, -0.2) is 9.59 Å². The second-order valence-corrected chi connectivity index (χ2v) is 15.2. The van der Waals surface area contributed by atoms with Crippen molar-refractivity contribution >= 4 is 41.5 Å². The van der Waals surface area contributed by atoms with Crippen LogP contribution in [0.15, 0.2) is 72.8 Å². The third-order valence-electron chi connectivity index (χ3n) is 9.26. The number of aliphatic hydroxyl groups excluding tert-OH is 1. The number of hydrogen-bond donors (Lipinski definition) is 7. The number of urea groups is 1. The zero-order valence-corrected chi connectivity index (χ0v) is 33.1. The minimum absolute atomic E-state index is 0.0126. The monoisotopic (exact) mass is 786 g/mol. The van der Waals surface area contributed by atoms with Gasteiger partial charge in [-0.2, -0.15) is 0 Å². The lowest BCUT2D eigenvalue weighted by Crippen LogP contribution is -2.58. The molecule has 57 heavy (non-hydrogen) atoms. The van der Waals surface area contributed by atoms with Crippen molar-refractivity contribution in [1.82, 2.24) is 21.3 Å². The van der Waals surface area contributed by atoms with Crippen LogP contribution in [0, 0.1) is 5.92 Å². The van der Waals surface area contributed by atoms with Gasteiger partial charge in [0.05, 0.1) is 6.61 Å². The standard InChI is InChI=1S/C42H54N6O9/c1-25(2)36(39(53)46-33(15-10-22-44-40(43)54)37(51)45-27-18-16-26(23-49)17-19-27)48-38(52)34(20-21-35(50)57-42(3,4)5)47-41(55)56-24-32-30-13-8-6-11-28(30)29-12-7-9-14-31(29)32/h6-9,11-14,16-19,25,32-34,36,49H,10,15,20-24H2,1-5H3,(H,45,51)(H,46,53)(H,47,55)(H,48,52)(H3,43,44,54)/t33-,34+,36+/m1/s1. The number of nitrogens with one attached hydrogen (secondary N) is 5. The van der Waals surface area contributed by atoms with Crippen molar-refractivity contribution in [3.05, 3.63) is 89.5 Å². The van der Waals surface area contributed by atoms with Crippen LogP contribution < -0.4 is 32.3 Å². The molecule has 0 radical (unpaired) electrons. The SMILES string of the molecule is CC(C)[C@H](NC(=O)[C@H](CCC(=O)OC(C)(C)C)NC(=O)OCC1c2ccccc2-c2ccccc21)C(=O)N[C@H](CCCNC(N)=O)C(=O)Nc1ccc(CO)cc1. The lowest BCUT2D eigenvalue weighted by molar-refractivity contribution is -0.155. The highest BCUT2D eigenvalue weighted by Gasteiger charge is 2.33. The topological polar surface area (TPSA) is 227 Å². The highest BCUT2D eigenvalue weighted by molar-refractivity contribution is 5.99. The Labute approximate surface area is 332 Å². The number of anilines is 1. The lowest BCUT2D eigenvalue weighted by atomic mass is 9.98. The number of primary amides is 1. The molecular weight excluding hydrogens is 732 g/mol. The van der Waals surface area contributed by atoms with Crippen LogP contribution in [0.3, 0.4) is 0 Å². The van der Waals surface area contributed by atoms with Crippen LogP contribution in [0.25, 0.3) is 11.1 Å². The zero-order valence-electron chi connectivity index (χ0n) is 33.1. The minimum Gasteiger partial charge on any atom is -0.460 e. The summed E-state index contributed by atoms with van der Waals surface area (Å²) in [5.41, 5.74) is 9.58. The third-order valence-corrected chi connectivity index (χ3v) is 9.26. The van der Waals surface area contributed by atoms with Gasteiger partial charge in [0.15, 0.2) is 0 Å². The maximum atomic E-state index is 13.9. The van der Waals surface area contributed by atoms with Gasteiger partial charge >= 0.3 is 18.1 Å². The van der Waals surface area contributed by atoms with Crippen LogP contribution in [0.4, 0.5) is 15.3 Å². The number of rotatable bonds is 18. The Balaban J connectivity index is 1.47. The average Bonchev–Trinajstić information content (AvgIpc) is 3.48. The van der Waals surface area contributed by atoms with Crippen LogP contribution in [0.5, 0.6) is 0 Å². The van der Waals surface area contributed by atoms with Crippen LogP contribution in [0.1, 0.15) is 82.9 Å². The first-order chi connectivity index (χ1) is 27.1. The molecule has 0 heterocycles. The number of esters is 1. The van der Waals surface area contributed by atoms with E-state index < -0.39 is 65.5 Å². The summed E-state index contributed by atoms with van der Waals surface area (Å²) < 4.78 is 11.1. The van der Waals surface area contributed by atoms with E-state index in [9.17, 15) is 33.9 Å². The van der Waals surface area contributed by atoms with E-state index >= 15 is 0 Å². The molecule has 0 aromatic heterocycles. The number of carbonyl (C=O) groups excluding carboxylic acids is 6. The molecule has 4 rings (SSSR count). The largest absolute Gasteiger partial charge is 0.460 e. The van der Waals surface area contributed by atoms with E-state index in [-0.39, 0.29) is 51.4 Å². The molecule has 6 amide bonds.